The molecule has 0 bridgehead atoms. The van der Waals surface area contributed by atoms with Crippen LogP contribution in [0, 0.1) is 0 Å². The highest BCUT2D eigenvalue weighted by molar-refractivity contribution is 7.09. The van der Waals surface area contributed by atoms with E-state index in [1.807, 2.05) is 6.92 Å². The van der Waals surface area contributed by atoms with E-state index in [2.05, 4.69) is 46.4 Å². The molecule has 0 saturated carbocycles. The molecule has 0 radical (unpaired) electrons. The van der Waals surface area contributed by atoms with E-state index in [9.17, 15) is 4.79 Å². The molecule has 0 aliphatic heterocycles. The van der Waals surface area contributed by atoms with Crippen molar-refractivity contribution in [1.29, 1.82) is 0 Å². The average molecular weight is 337 g/mol. The van der Waals surface area contributed by atoms with Crippen molar-refractivity contribution in [3.05, 3.63) is 28.2 Å². The van der Waals surface area contributed by atoms with Gasteiger partial charge in [0.1, 0.15) is 11.6 Å². The quantitative estimate of drug-likeness (QED) is 0.453. The first-order valence-electron chi connectivity index (χ1n) is 7.60. The van der Waals surface area contributed by atoms with Crippen LogP contribution in [0.15, 0.2) is 22.5 Å². The number of aromatic nitrogens is 1. The molecule has 0 spiro atoms. The zero-order valence-electron chi connectivity index (χ0n) is 14.6. The van der Waals surface area contributed by atoms with Crippen LogP contribution in [0.3, 0.4) is 0 Å². The number of thiazole rings is 1. The van der Waals surface area contributed by atoms with Crippen LogP contribution < -0.4 is 10.6 Å². The summed E-state index contributed by atoms with van der Waals surface area (Å²) < 4.78 is 0. The Labute approximate surface area is 142 Å². The summed E-state index contributed by atoms with van der Waals surface area (Å²) in [7, 11) is 3.44. The minimum Gasteiger partial charge on any atom is -0.353 e. The second-order valence-corrected chi connectivity index (χ2v) is 6.88. The molecule has 0 aliphatic carbocycles. The van der Waals surface area contributed by atoms with Gasteiger partial charge in [0.05, 0.1) is 12.2 Å². The molecule has 1 heterocycles. The number of rotatable bonds is 7. The van der Waals surface area contributed by atoms with Crippen LogP contribution in [-0.2, 0) is 11.3 Å². The Morgan fingerprint density at radius 2 is 2.13 bits per heavy atom. The summed E-state index contributed by atoms with van der Waals surface area (Å²) in [6.45, 7) is 11.3. The molecule has 1 aromatic rings. The summed E-state index contributed by atoms with van der Waals surface area (Å²) in [6, 6.07) is 0. The monoisotopic (exact) mass is 337 g/mol. The molecule has 1 amide bonds. The third-order valence-corrected chi connectivity index (χ3v) is 3.86. The lowest BCUT2D eigenvalue weighted by Gasteiger charge is -2.13. The standard InChI is InChI=1S/C16H27N5OS/c1-11(2)7-17-16(19-9-15(22)21(5)6)18-8-14-20-13(10-23-14)12(3)4/h10,12H,1,7-9H2,2-6H3,(H2,17,18,19). The highest BCUT2D eigenvalue weighted by Gasteiger charge is 2.08. The normalized spacial score (nSPS) is 11.5. The van der Waals surface area contributed by atoms with Gasteiger partial charge in [0, 0.05) is 26.0 Å². The molecule has 0 saturated heterocycles. The molecular formula is C16H27N5OS. The molecule has 0 fully saturated rings. The summed E-state index contributed by atoms with van der Waals surface area (Å²) >= 11 is 1.62. The Balaban J connectivity index is 2.65. The van der Waals surface area contributed by atoms with E-state index in [1.165, 1.54) is 4.90 Å². The van der Waals surface area contributed by atoms with Crippen molar-refractivity contribution in [2.45, 2.75) is 33.2 Å². The number of likely N-dealkylation sites (N-methyl/N-ethyl adjacent to an activating group) is 1. The van der Waals surface area contributed by atoms with E-state index in [1.54, 1.807) is 25.4 Å². The molecule has 0 aromatic carbocycles. The lowest BCUT2D eigenvalue weighted by molar-refractivity contribution is -0.127. The maximum Gasteiger partial charge on any atom is 0.243 e. The molecule has 1 aromatic heterocycles. The third kappa shape index (κ3) is 7.27. The number of carbonyl (C=O) groups is 1. The minimum atomic E-state index is -0.0437. The SMILES string of the molecule is C=C(C)CNC(=NCC(=O)N(C)C)NCc1nc(C(C)C)cs1. The fourth-order valence-corrected chi connectivity index (χ4v) is 2.42. The Morgan fingerprint density at radius 1 is 1.43 bits per heavy atom. The van der Waals surface area contributed by atoms with Gasteiger partial charge in [-0.25, -0.2) is 9.98 Å². The summed E-state index contributed by atoms with van der Waals surface area (Å²) in [4.78, 5) is 22.1. The van der Waals surface area contributed by atoms with E-state index in [0.717, 1.165) is 16.3 Å². The van der Waals surface area contributed by atoms with Crippen molar-refractivity contribution in [3.63, 3.8) is 0 Å². The van der Waals surface area contributed by atoms with Crippen molar-refractivity contribution >= 4 is 23.2 Å². The number of carbonyl (C=O) groups excluding carboxylic acids is 1. The van der Waals surface area contributed by atoms with Crippen molar-refractivity contribution in [2.75, 3.05) is 27.2 Å². The van der Waals surface area contributed by atoms with Gasteiger partial charge in [0.15, 0.2) is 5.96 Å². The molecule has 128 valence electrons. The summed E-state index contributed by atoms with van der Waals surface area (Å²) in [5, 5.41) is 9.45. The first-order chi connectivity index (χ1) is 10.8. The number of aliphatic imine (C=N–C) groups is 1. The van der Waals surface area contributed by atoms with Crippen LogP contribution in [0.5, 0.6) is 0 Å². The molecule has 2 N–H and O–H groups in total. The fourth-order valence-electron chi connectivity index (χ4n) is 1.53. The molecule has 0 unspecified atom stereocenters. The number of amides is 1. The largest absolute Gasteiger partial charge is 0.353 e. The Bertz CT molecular complexity index is 563. The van der Waals surface area contributed by atoms with E-state index >= 15 is 0 Å². The lowest BCUT2D eigenvalue weighted by Crippen LogP contribution is -2.38. The average Bonchev–Trinajstić information content (AvgIpc) is 2.94. The van der Waals surface area contributed by atoms with E-state index in [4.69, 9.17) is 0 Å². The topological polar surface area (TPSA) is 69.6 Å². The second kappa shape index (κ2) is 9.29. The van der Waals surface area contributed by atoms with Crippen molar-refractivity contribution in [1.82, 2.24) is 20.5 Å². The fraction of sp³-hybridized carbons (Fsp3) is 0.562. The zero-order chi connectivity index (χ0) is 17.4. The number of guanidine groups is 1. The van der Waals surface area contributed by atoms with Crippen LogP contribution >= 0.6 is 11.3 Å². The van der Waals surface area contributed by atoms with Gasteiger partial charge in [0.2, 0.25) is 5.91 Å². The Kier molecular flexibility index (Phi) is 7.74. The van der Waals surface area contributed by atoms with Crippen LogP contribution in [-0.4, -0.2) is 48.9 Å². The van der Waals surface area contributed by atoms with Gasteiger partial charge in [-0.2, -0.15) is 0 Å². The zero-order valence-corrected chi connectivity index (χ0v) is 15.5. The molecule has 0 aliphatic rings. The number of hydrogen-bond acceptors (Lipinski definition) is 4. The number of nitrogens with one attached hydrogen (secondary N) is 2. The van der Waals surface area contributed by atoms with Crippen LogP contribution in [0.4, 0.5) is 0 Å². The van der Waals surface area contributed by atoms with Gasteiger partial charge in [-0.3, -0.25) is 4.79 Å². The smallest absolute Gasteiger partial charge is 0.243 e. The van der Waals surface area contributed by atoms with Gasteiger partial charge >= 0.3 is 0 Å². The van der Waals surface area contributed by atoms with Crippen molar-refractivity contribution in [2.24, 2.45) is 4.99 Å². The highest BCUT2D eigenvalue weighted by Crippen LogP contribution is 2.17. The van der Waals surface area contributed by atoms with Gasteiger partial charge < -0.3 is 15.5 Å². The number of nitrogens with zero attached hydrogens (tertiary/aromatic N) is 3. The first-order valence-corrected chi connectivity index (χ1v) is 8.48. The van der Waals surface area contributed by atoms with Gasteiger partial charge in [0.25, 0.3) is 0 Å². The van der Waals surface area contributed by atoms with Crippen molar-refractivity contribution in [3.8, 4) is 0 Å². The van der Waals surface area contributed by atoms with E-state index < -0.39 is 0 Å². The molecule has 23 heavy (non-hydrogen) atoms. The summed E-state index contributed by atoms with van der Waals surface area (Å²) in [5.41, 5.74) is 2.10. The Morgan fingerprint density at radius 3 is 2.65 bits per heavy atom. The van der Waals surface area contributed by atoms with Gasteiger partial charge in [-0.05, 0) is 12.8 Å². The Hall–Kier alpha value is -1.89. The van der Waals surface area contributed by atoms with E-state index in [0.29, 0.717) is 25.0 Å². The first kappa shape index (κ1) is 19.2. The molecule has 7 heteroatoms. The lowest BCUT2D eigenvalue weighted by atomic mass is 10.2. The maximum absolute atomic E-state index is 11.7. The predicted molar refractivity (Wildman–Crippen MR) is 96.9 cm³/mol. The van der Waals surface area contributed by atoms with Crippen LogP contribution in [0.1, 0.15) is 37.4 Å². The van der Waals surface area contributed by atoms with E-state index in [-0.39, 0.29) is 12.5 Å². The summed E-state index contributed by atoms with van der Waals surface area (Å²) in [5.74, 6) is 0.967. The van der Waals surface area contributed by atoms with Crippen LogP contribution in [0.25, 0.3) is 0 Å². The predicted octanol–water partition coefficient (Wildman–Crippen LogP) is 1.97. The highest BCUT2D eigenvalue weighted by atomic mass is 32.1. The molecular weight excluding hydrogens is 310 g/mol. The molecule has 6 nitrogen and oxygen atoms in total. The number of hydrogen-bond donors (Lipinski definition) is 2. The minimum absolute atomic E-state index is 0.0437. The third-order valence-electron chi connectivity index (χ3n) is 3.00. The second-order valence-electron chi connectivity index (χ2n) is 5.94. The molecule has 0 atom stereocenters. The van der Waals surface area contributed by atoms with Crippen molar-refractivity contribution < 1.29 is 4.79 Å². The summed E-state index contributed by atoms with van der Waals surface area (Å²) in [6.07, 6.45) is 0. The molecule has 1 rings (SSSR count). The maximum atomic E-state index is 11.7. The van der Waals surface area contributed by atoms with Gasteiger partial charge in [-0.1, -0.05) is 26.0 Å². The van der Waals surface area contributed by atoms with Crippen LogP contribution in [0.2, 0.25) is 0 Å². The van der Waals surface area contributed by atoms with Gasteiger partial charge in [-0.15, -0.1) is 11.3 Å².